The highest BCUT2D eigenvalue weighted by Gasteiger charge is 2.34. The minimum absolute atomic E-state index is 0.477. The summed E-state index contributed by atoms with van der Waals surface area (Å²) < 4.78 is 0. The first-order valence-electron chi connectivity index (χ1n) is 6.17. The van der Waals surface area contributed by atoms with Crippen LogP contribution in [-0.2, 0) is 0 Å². The Morgan fingerprint density at radius 2 is 2.31 bits per heavy atom. The Morgan fingerprint density at radius 3 is 3.12 bits per heavy atom. The normalized spacial score (nSPS) is 32.7. The molecule has 0 saturated carbocycles. The largest absolute Gasteiger partial charge is 0.309 e. The van der Waals surface area contributed by atoms with Gasteiger partial charge in [0.2, 0.25) is 0 Å². The molecule has 1 aliphatic heterocycles. The molecule has 0 spiro atoms. The lowest BCUT2D eigenvalue weighted by Gasteiger charge is -2.34. The van der Waals surface area contributed by atoms with E-state index in [0.29, 0.717) is 12.0 Å². The van der Waals surface area contributed by atoms with E-state index >= 15 is 0 Å². The highest BCUT2D eigenvalue weighted by Crippen LogP contribution is 2.40. The molecule has 2 aliphatic rings. The van der Waals surface area contributed by atoms with E-state index in [4.69, 9.17) is 0 Å². The van der Waals surface area contributed by atoms with Crippen LogP contribution in [-0.4, -0.2) is 11.5 Å². The molecule has 84 valence electrons. The molecule has 1 N–H and O–H groups in total. The van der Waals surface area contributed by atoms with Crippen molar-refractivity contribution < 1.29 is 0 Å². The summed E-state index contributed by atoms with van der Waals surface area (Å²) in [6, 6.07) is 4.80. The summed E-state index contributed by atoms with van der Waals surface area (Å²) in [4.78, 5) is 4.40. The van der Waals surface area contributed by atoms with Crippen LogP contribution in [0.5, 0.6) is 0 Å². The molecule has 2 nitrogen and oxygen atoms in total. The van der Waals surface area contributed by atoms with Gasteiger partial charge in [-0.15, -0.1) is 0 Å². The smallest absolute Gasteiger partial charge is 0.0401 e. The van der Waals surface area contributed by atoms with Gasteiger partial charge in [0.25, 0.3) is 0 Å². The van der Waals surface area contributed by atoms with Crippen LogP contribution in [0, 0.1) is 18.8 Å². The van der Waals surface area contributed by atoms with Gasteiger partial charge in [-0.3, -0.25) is 4.98 Å². The Balaban J connectivity index is 1.87. The first-order chi connectivity index (χ1) is 7.84. The Labute approximate surface area is 96.8 Å². The molecule has 1 saturated heterocycles. The first kappa shape index (κ1) is 10.0. The van der Waals surface area contributed by atoms with E-state index in [1.165, 1.54) is 18.4 Å². The maximum atomic E-state index is 4.40. The molecule has 1 aromatic rings. The van der Waals surface area contributed by atoms with Crippen molar-refractivity contribution in [2.45, 2.75) is 25.8 Å². The van der Waals surface area contributed by atoms with Crippen molar-refractivity contribution in [3.05, 3.63) is 41.7 Å². The van der Waals surface area contributed by atoms with E-state index in [2.05, 4.69) is 34.6 Å². The fourth-order valence-electron chi connectivity index (χ4n) is 2.98. The number of rotatable bonds is 1. The fourth-order valence-corrected chi connectivity index (χ4v) is 2.98. The van der Waals surface area contributed by atoms with Gasteiger partial charge in [-0.1, -0.05) is 18.2 Å². The Morgan fingerprint density at radius 1 is 1.38 bits per heavy atom. The second kappa shape index (κ2) is 4.02. The average molecular weight is 214 g/mol. The quantitative estimate of drug-likeness (QED) is 0.727. The van der Waals surface area contributed by atoms with Gasteiger partial charge in [0.05, 0.1) is 0 Å². The molecule has 0 aromatic carbocycles. The Kier molecular flexibility index (Phi) is 2.52. The van der Waals surface area contributed by atoms with Crippen LogP contribution >= 0.6 is 0 Å². The van der Waals surface area contributed by atoms with Crippen LogP contribution in [0.3, 0.4) is 0 Å². The molecule has 1 aliphatic carbocycles. The molecule has 1 fully saturated rings. The van der Waals surface area contributed by atoms with Crippen molar-refractivity contribution in [1.82, 2.24) is 10.3 Å². The van der Waals surface area contributed by atoms with Gasteiger partial charge in [-0.25, -0.2) is 0 Å². The highest BCUT2D eigenvalue weighted by molar-refractivity contribution is 5.22. The van der Waals surface area contributed by atoms with Gasteiger partial charge in [0, 0.05) is 17.9 Å². The van der Waals surface area contributed by atoms with Crippen LogP contribution in [0.1, 0.15) is 30.1 Å². The number of nitrogens with zero attached hydrogens (tertiary/aromatic N) is 1. The summed E-state index contributed by atoms with van der Waals surface area (Å²) in [5, 5.41) is 3.64. The summed E-state index contributed by atoms with van der Waals surface area (Å²) in [5.74, 6) is 1.53. The maximum Gasteiger partial charge on any atom is 0.0401 e. The molecule has 0 amide bonds. The second-order valence-corrected chi connectivity index (χ2v) is 4.95. The monoisotopic (exact) mass is 214 g/mol. The number of hydrogen-bond donors (Lipinski definition) is 1. The maximum absolute atomic E-state index is 4.40. The summed E-state index contributed by atoms with van der Waals surface area (Å²) in [6.07, 6.45) is 9.34. The zero-order chi connectivity index (χ0) is 11.0. The van der Waals surface area contributed by atoms with E-state index in [-0.39, 0.29) is 0 Å². The summed E-state index contributed by atoms with van der Waals surface area (Å²) in [5.41, 5.74) is 2.44. The van der Waals surface area contributed by atoms with Crippen molar-refractivity contribution in [1.29, 1.82) is 0 Å². The van der Waals surface area contributed by atoms with E-state index < -0.39 is 0 Å². The predicted molar refractivity (Wildman–Crippen MR) is 65.1 cm³/mol. The van der Waals surface area contributed by atoms with Crippen LogP contribution in [0.25, 0.3) is 0 Å². The van der Waals surface area contributed by atoms with E-state index in [0.717, 1.165) is 18.2 Å². The minimum Gasteiger partial charge on any atom is -0.309 e. The minimum atomic E-state index is 0.477. The number of fused-ring (bicyclic) bond motifs is 1. The molecule has 3 unspecified atom stereocenters. The second-order valence-electron chi connectivity index (χ2n) is 4.95. The van der Waals surface area contributed by atoms with Gasteiger partial charge in [-0.05, 0) is 49.8 Å². The molecule has 3 rings (SSSR count). The van der Waals surface area contributed by atoms with Crippen molar-refractivity contribution in [3.63, 3.8) is 0 Å². The van der Waals surface area contributed by atoms with Crippen molar-refractivity contribution in [3.8, 4) is 0 Å². The van der Waals surface area contributed by atoms with Crippen LogP contribution in [0.15, 0.2) is 30.5 Å². The standard InChI is InChI=1S/C14H18N2/c1-10-5-6-12(9-16-10)14-13-4-2-3-11(13)7-8-15-14/h2,4-6,9,11,13-15H,3,7-8H2,1H3. The van der Waals surface area contributed by atoms with Gasteiger partial charge in [-0.2, -0.15) is 0 Å². The zero-order valence-corrected chi connectivity index (χ0v) is 9.69. The van der Waals surface area contributed by atoms with Crippen molar-refractivity contribution in [2.75, 3.05) is 6.54 Å². The summed E-state index contributed by atoms with van der Waals surface area (Å²) >= 11 is 0. The molecular formula is C14H18N2. The number of piperidine rings is 1. The summed E-state index contributed by atoms with van der Waals surface area (Å²) in [6.45, 7) is 3.18. The molecule has 2 heteroatoms. The molecule has 0 radical (unpaired) electrons. The molecule has 3 atom stereocenters. The lowest BCUT2D eigenvalue weighted by Crippen LogP contribution is -2.37. The molecule has 2 heterocycles. The van der Waals surface area contributed by atoms with Gasteiger partial charge < -0.3 is 5.32 Å². The van der Waals surface area contributed by atoms with E-state index in [1.54, 1.807) is 0 Å². The Bertz CT molecular complexity index is 394. The highest BCUT2D eigenvalue weighted by atomic mass is 14.9. The average Bonchev–Trinajstić information content (AvgIpc) is 2.78. The van der Waals surface area contributed by atoms with Gasteiger partial charge in [0.1, 0.15) is 0 Å². The predicted octanol–water partition coefficient (Wildman–Crippen LogP) is 2.62. The molecule has 16 heavy (non-hydrogen) atoms. The number of aromatic nitrogens is 1. The number of nitrogens with one attached hydrogen (secondary N) is 1. The number of hydrogen-bond acceptors (Lipinski definition) is 2. The summed E-state index contributed by atoms with van der Waals surface area (Å²) in [7, 11) is 0. The third-order valence-electron chi connectivity index (χ3n) is 3.90. The Hall–Kier alpha value is -1.15. The SMILES string of the molecule is Cc1ccc(C2NCCC3CC=CC32)cn1. The number of allylic oxidation sites excluding steroid dienone is 1. The van der Waals surface area contributed by atoms with Gasteiger partial charge in [0.15, 0.2) is 0 Å². The van der Waals surface area contributed by atoms with E-state index in [9.17, 15) is 0 Å². The molecule has 0 bridgehead atoms. The molecular weight excluding hydrogens is 196 g/mol. The number of aryl methyl sites for hydroxylation is 1. The van der Waals surface area contributed by atoms with Crippen LogP contribution in [0.2, 0.25) is 0 Å². The van der Waals surface area contributed by atoms with E-state index in [1.807, 2.05) is 13.1 Å². The van der Waals surface area contributed by atoms with Crippen molar-refractivity contribution >= 4 is 0 Å². The molecule has 1 aromatic heterocycles. The third kappa shape index (κ3) is 1.67. The third-order valence-corrected chi connectivity index (χ3v) is 3.90. The van der Waals surface area contributed by atoms with Gasteiger partial charge >= 0.3 is 0 Å². The van der Waals surface area contributed by atoms with Crippen LogP contribution in [0.4, 0.5) is 0 Å². The fraction of sp³-hybridized carbons (Fsp3) is 0.500. The van der Waals surface area contributed by atoms with Crippen molar-refractivity contribution in [2.24, 2.45) is 11.8 Å². The lowest BCUT2D eigenvalue weighted by atomic mass is 9.80. The first-order valence-corrected chi connectivity index (χ1v) is 6.17. The van der Waals surface area contributed by atoms with Crippen LogP contribution < -0.4 is 5.32 Å². The zero-order valence-electron chi connectivity index (χ0n) is 9.69. The number of pyridine rings is 1. The topological polar surface area (TPSA) is 24.9 Å². The lowest BCUT2D eigenvalue weighted by molar-refractivity contribution is 0.249.